The monoisotopic (exact) mass is 326 g/mol. The molecule has 0 amide bonds. The van der Waals surface area contributed by atoms with Crippen molar-refractivity contribution in [2.24, 2.45) is 0 Å². The second-order valence-corrected chi connectivity index (χ2v) is 5.61. The zero-order chi connectivity index (χ0) is 13.1. The number of benzene rings is 1. The molecule has 18 heavy (non-hydrogen) atoms. The molecule has 2 rings (SSSR count). The van der Waals surface area contributed by atoms with E-state index < -0.39 is 5.97 Å². The second kappa shape index (κ2) is 5.63. The Morgan fingerprint density at radius 1 is 1.44 bits per heavy atom. The van der Waals surface area contributed by atoms with Crippen molar-refractivity contribution < 1.29 is 14.3 Å². The Morgan fingerprint density at radius 2 is 2.22 bits per heavy atom. The fourth-order valence-corrected chi connectivity index (χ4v) is 3.15. The smallest absolute Gasteiger partial charge is 0.335 e. The predicted molar refractivity (Wildman–Crippen MR) is 74.1 cm³/mol. The van der Waals surface area contributed by atoms with Gasteiger partial charge in [-0.25, -0.2) is 4.79 Å². The van der Waals surface area contributed by atoms with E-state index in [2.05, 4.69) is 15.9 Å². The first-order valence-electron chi connectivity index (χ1n) is 5.26. The van der Waals surface area contributed by atoms with E-state index in [1.165, 1.54) is 0 Å². The molecule has 1 N–H and O–H groups in total. The summed E-state index contributed by atoms with van der Waals surface area (Å²) in [7, 11) is 0. The lowest BCUT2D eigenvalue weighted by molar-refractivity contribution is 0.0697. The summed E-state index contributed by atoms with van der Waals surface area (Å²) in [5.41, 5.74) is 1.35. The average Bonchev–Trinajstić information content (AvgIpc) is 2.73. The van der Waals surface area contributed by atoms with Crippen LogP contribution >= 0.6 is 27.7 Å². The van der Waals surface area contributed by atoms with Crippen LogP contribution in [0.4, 0.5) is 0 Å². The number of furan rings is 1. The maximum Gasteiger partial charge on any atom is 0.335 e. The van der Waals surface area contributed by atoms with E-state index in [-0.39, 0.29) is 5.56 Å². The van der Waals surface area contributed by atoms with E-state index in [1.54, 1.807) is 30.2 Å². The third kappa shape index (κ3) is 2.97. The fraction of sp³-hybridized carbons (Fsp3) is 0.154. The molecule has 0 bridgehead atoms. The van der Waals surface area contributed by atoms with Gasteiger partial charge in [-0.3, -0.25) is 0 Å². The number of carbonyl (C=O) groups is 1. The van der Waals surface area contributed by atoms with E-state index in [0.717, 1.165) is 26.4 Å². The Balaban J connectivity index is 2.11. The molecule has 1 aromatic heterocycles. The third-order valence-corrected chi connectivity index (χ3v) is 4.42. The van der Waals surface area contributed by atoms with Crippen LogP contribution in [0.1, 0.15) is 21.7 Å². The van der Waals surface area contributed by atoms with E-state index >= 15 is 0 Å². The highest BCUT2D eigenvalue weighted by Gasteiger charge is 2.08. The van der Waals surface area contributed by atoms with Crippen molar-refractivity contribution in [3.63, 3.8) is 0 Å². The van der Waals surface area contributed by atoms with Crippen molar-refractivity contribution in [1.82, 2.24) is 0 Å². The number of rotatable bonds is 4. The molecule has 0 fully saturated rings. The summed E-state index contributed by atoms with van der Waals surface area (Å²) >= 11 is 5.06. The summed E-state index contributed by atoms with van der Waals surface area (Å²) in [4.78, 5) is 11.9. The Bertz CT molecular complexity index is 577. The number of hydrogen-bond acceptors (Lipinski definition) is 3. The van der Waals surface area contributed by atoms with Gasteiger partial charge in [0.1, 0.15) is 5.76 Å². The van der Waals surface area contributed by atoms with Crippen LogP contribution in [0, 0.1) is 6.92 Å². The Morgan fingerprint density at radius 3 is 2.78 bits per heavy atom. The first-order valence-corrected chi connectivity index (χ1v) is 7.04. The minimum atomic E-state index is -0.916. The van der Waals surface area contributed by atoms with Crippen LogP contribution in [0.3, 0.4) is 0 Å². The van der Waals surface area contributed by atoms with Gasteiger partial charge in [0.2, 0.25) is 0 Å². The molecule has 3 nitrogen and oxygen atoms in total. The summed E-state index contributed by atoms with van der Waals surface area (Å²) in [6.45, 7) is 1.92. The highest BCUT2D eigenvalue weighted by Crippen LogP contribution is 2.30. The molecule has 1 aromatic carbocycles. The Hall–Kier alpha value is -1.20. The van der Waals surface area contributed by atoms with Crippen LogP contribution in [0.2, 0.25) is 0 Å². The second-order valence-electron chi connectivity index (χ2n) is 3.74. The topological polar surface area (TPSA) is 50.4 Å². The van der Waals surface area contributed by atoms with Crippen molar-refractivity contribution >= 4 is 33.7 Å². The van der Waals surface area contributed by atoms with Crippen molar-refractivity contribution in [2.45, 2.75) is 17.6 Å². The summed E-state index contributed by atoms with van der Waals surface area (Å²) in [5.74, 6) is 0.750. The Labute approximate surface area is 117 Å². The molecule has 0 saturated heterocycles. The van der Waals surface area contributed by atoms with Crippen LogP contribution in [-0.4, -0.2) is 11.1 Å². The fourth-order valence-electron chi connectivity index (χ4n) is 1.48. The molecule has 2 aromatic rings. The number of carboxylic acids is 1. The number of carboxylic acid groups (broad SMARTS) is 1. The van der Waals surface area contributed by atoms with Gasteiger partial charge in [-0.1, -0.05) is 22.0 Å². The van der Waals surface area contributed by atoms with E-state index in [9.17, 15) is 4.79 Å². The van der Waals surface area contributed by atoms with E-state index in [1.807, 2.05) is 19.1 Å². The minimum absolute atomic E-state index is 0.287. The lowest BCUT2D eigenvalue weighted by atomic mass is 10.1. The van der Waals surface area contributed by atoms with Crippen molar-refractivity contribution in [2.75, 3.05) is 0 Å². The van der Waals surface area contributed by atoms with Gasteiger partial charge >= 0.3 is 5.97 Å². The lowest BCUT2D eigenvalue weighted by Gasteiger charge is -2.05. The largest absolute Gasteiger partial charge is 0.478 e. The molecule has 1 heterocycles. The number of hydrogen-bond donors (Lipinski definition) is 1. The van der Waals surface area contributed by atoms with Gasteiger partial charge in [-0.2, -0.15) is 0 Å². The standard InChI is InChI=1S/C13H11BrO3S/c1-8-12(4-5-17-8)18-7-10-3-2-9(13(15)16)6-11(10)14/h2-6H,7H2,1H3,(H,15,16). The molecule has 0 spiro atoms. The normalized spacial score (nSPS) is 10.6. The highest BCUT2D eigenvalue weighted by atomic mass is 79.9. The molecule has 94 valence electrons. The van der Waals surface area contributed by atoms with Gasteiger partial charge in [0.15, 0.2) is 0 Å². The maximum absolute atomic E-state index is 10.8. The molecule has 0 aliphatic rings. The molecule has 0 radical (unpaired) electrons. The van der Waals surface area contributed by atoms with Gasteiger partial charge in [-0.15, -0.1) is 11.8 Å². The molecular weight excluding hydrogens is 316 g/mol. The molecule has 0 aliphatic carbocycles. The number of aromatic carboxylic acids is 1. The van der Waals surface area contributed by atoms with Crippen molar-refractivity contribution in [3.05, 3.63) is 51.9 Å². The predicted octanol–water partition coefficient (Wildman–Crippen LogP) is 4.34. The van der Waals surface area contributed by atoms with Crippen LogP contribution in [0.15, 0.2) is 44.3 Å². The van der Waals surface area contributed by atoms with Gasteiger partial charge in [0, 0.05) is 15.1 Å². The number of aryl methyl sites for hydroxylation is 1. The molecular formula is C13H11BrO3S. The van der Waals surface area contributed by atoms with Gasteiger partial charge < -0.3 is 9.52 Å². The molecule has 0 unspecified atom stereocenters. The zero-order valence-electron chi connectivity index (χ0n) is 9.64. The van der Waals surface area contributed by atoms with E-state index in [0.29, 0.717) is 0 Å². The Kier molecular flexibility index (Phi) is 4.14. The van der Waals surface area contributed by atoms with Crippen molar-refractivity contribution in [1.29, 1.82) is 0 Å². The molecule has 0 atom stereocenters. The van der Waals surface area contributed by atoms with Crippen LogP contribution in [0.25, 0.3) is 0 Å². The lowest BCUT2D eigenvalue weighted by Crippen LogP contribution is -1.96. The number of thioether (sulfide) groups is 1. The highest BCUT2D eigenvalue weighted by molar-refractivity contribution is 9.10. The summed E-state index contributed by atoms with van der Waals surface area (Å²) < 4.78 is 6.04. The third-order valence-electron chi connectivity index (χ3n) is 2.49. The first kappa shape index (κ1) is 13.2. The van der Waals surface area contributed by atoms with Crippen LogP contribution in [-0.2, 0) is 5.75 Å². The van der Waals surface area contributed by atoms with Gasteiger partial charge in [0.05, 0.1) is 11.8 Å². The average molecular weight is 327 g/mol. The first-order chi connectivity index (χ1) is 8.58. The minimum Gasteiger partial charge on any atom is -0.478 e. The zero-order valence-corrected chi connectivity index (χ0v) is 12.0. The van der Waals surface area contributed by atoms with Crippen LogP contribution < -0.4 is 0 Å². The molecule has 5 heteroatoms. The summed E-state index contributed by atoms with van der Waals surface area (Å²) in [6.07, 6.45) is 1.67. The molecule has 0 aliphatic heterocycles. The summed E-state index contributed by atoms with van der Waals surface area (Å²) in [6, 6.07) is 7.00. The SMILES string of the molecule is Cc1occc1SCc1ccc(C(=O)O)cc1Br. The number of halogens is 1. The van der Waals surface area contributed by atoms with E-state index in [4.69, 9.17) is 9.52 Å². The van der Waals surface area contributed by atoms with Crippen molar-refractivity contribution in [3.8, 4) is 0 Å². The van der Waals surface area contributed by atoms with Gasteiger partial charge in [-0.05, 0) is 30.7 Å². The molecule has 0 saturated carbocycles. The maximum atomic E-state index is 10.8. The van der Waals surface area contributed by atoms with Crippen LogP contribution in [0.5, 0.6) is 0 Å². The van der Waals surface area contributed by atoms with Gasteiger partial charge in [0.25, 0.3) is 0 Å². The summed E-state index contributed by atoms with van der Waals surface area (Å²) in [5, 5.41) is 8.88. The quantitative estimate of drug-likeness (QED) is 0.849.